The molecule has 0 aliphatic heterocycles. The molecule has 1 heterocycles. The van der Waals surface area contributed by atoms with Gasteiger partial charge < -0.3 is 4.74 Å². The first-order valence-electron chi connectivity index (χ1n) is 6.19. The number of aldehydes is 1. The Morgan fingerprint density at radius 2 is 2.11 bits per heavy atom. The van der Waals surface area contributed by atoms with Crippen molar-refractivity contribution in [2.75, 3.05) is 6.61 Å². The van der Waals surface area contributed by atoms with Crippen LogP contribution in [0.25, 0.3) is 5.69 Å². The van der Waals surface area contributed by atoms with Crippen molar-refractivity contribution in [3.8, 4) is 11.7 Å². The first kappa shape index (κ1) is 13.6. The summed E-state index contributed by atoms with van der Waals surface area (Å²) in [7, 11) is 0. The molecule has 100 valence electrons. The first-order valence-corrected chi connectivity index (χ1v) is 6.57. The summed E-state index contributed by atoms with van der Waals surface area (Å²) in [6.45, 7) is 2.63. The Morgan fingerprint density at radius 3 is 2.74 bits per heavy atom. The Bertz CT molecular complexity index is 552. The van der Waals surface area contributed by atoms with Crippen LogP contribution in [0.3, 0.4) is 0 Å². The minimum absolute atomic E-state index is 0.158. The molecule has 4 nitrogen and oxygen atoms in total. The van der Waals surface area contributed by atoms with Gasteiger partial charge in [0.25, 0.3) is 0 Å². The van der Waals surface area contributed by atoms with Crippen molar-refractivity contribution in [3.63, 3.8) is 0 Å². The Morgan fingerprint density at radius 1 is 1.37 bits per heavy atom. The highest BCUT2D eigenvalue weighted by molar-refractivity contribution is 6.31. The number of carbonyl (C=O) groups excluding carboxylic acids is 1. The number of carbonyl (C=O) groups is 1. The molecule has 19 heavy (non-hydrogen) atoms. The SMILES string of the molecule is CCCCOc1nc(Cl)c(C=O)n1-c1ccccc1. The number of unbranched alkanes of at least 4 members (excludes halogenated alkanes) is 1. The number of benzene rings is 1. The number of imidazole rings is 1. The van der Waals surface area contributed by atoms with Gasteiger partial charge in [0.2, 0.25) is 0 Å². The Hall–Kier alpha value is -1.81. The van der Waals surface area contributed by atoms with Gasteiger partial charge in [0.1, 0.15) is 5.69 Å². The monoisotopic (exact) mass is 278 g/mol. The lowest BCUT2D eigenvalue weighted by Crippen LogP contribution is -2.06. The lowest BCUT2D eigenvalue weighted by atomic mass is 10.3. The molecule has 0 N–H and O–H groups in total. The number of aromatic nitrogens is 2. The zero-order valence-corrected chi connectivity index (χ0v) is 11.4. The predicted octanol–water partition coefficient (Wildman–Crippen LogP) is 3.52. The number of hydrogen-bond acceptors (Lipinski definition) is 3. The molecule has 1 aromatic heterocycles. The first-order chi connectivity index (χ1) is 9.27. The summed E-state index contributed by atoms with van der Waals surface area (Å²) in [5, 5.41) is 0.158. The van der Waals surface area contributed by atoms with E-state index in [1.165, 1.54) is 0 Å². The van der Waals surface area contributed by atoms with Crippen molar-refractivity contribution >= 4 is 17.9 Å². The van der Waals surface area contributed by atoms with E-state index in [2.05, 4.69) is 11.9 Å². The van der Waals surface area contributed by atoms with Gasteiger partial charge in [0.15, 0.2) is 11.4 Å². The third-order valence-corrected chi connectivity index (χ3v) is 2.97. The summed E-state index contributed by atoms with van der Waals surface area (Å²) >= 11 is 5.97. The largest absolute Gasteiger partial charge is 0.464 e. The van der Waals surface area contributed by atoms with Crippen LogP contribution in [0.4, 0.5) is 0 Å². The van der Waals surface area contributed by atoms with Gasteiger partial charge in [-0.15, -0.1) is 0 Å². The van der Waals surface area contributed by atoms with E-state index in [4.69, 9.17) is 16.3 Å². The van der Waals surface area contributed by atoms with Crippen LogP contribution in [0, 0.1) is 0 Å². The van der Waals surface area contributed by atoms with Crippen molar-refractivity contribution in [2.24, 2.45) is 0 Å². The molecule has 1 aromatic carbocycles. The highest BCUT2D eigenvalue weighted by atomic mass is 35.5. The molecular formula is C14H15ClN2O2. The number of ether oxygens (including phenoxy) is 1. The van der Waals surface area contributed by atoms with Crippen LogP contribution >= 0.6 is 11.6 Å². The maximum Gasteiger partial charge on any atom is 0.303 e. The molecular weight excluding hydrogens is 264 g/mol. The molecule has 0 saturated heterocycles. The molecule has 0 fully saturated rings. The van der Waals surface area contributed by atoms with E-state index >= 15 is 0 Å². The minimum Gasteiger partial charge on any atom is -0.464 e. The molecule has 5 heteroatoms. The third kappa shape index (κ3) is 2.96. The molecule has 0 aliphatic carbocycles. The van der Waals surface area contributed by atoms with Crippen LogP contribution in [-0.2, 0) is 0 Å². The summed E-state index contributed by atoms with van der Waals surface area (Å²) in [4.78, 5) is 15.3. The maximum absolute atomic E-state index is 11.2. The van der Waals surface area contributed by atoms with Crippen LogP contribution < -0.4 is 4.74 Å². The Balaban J connectivity index is 2.41. The summed E-state index contributed by atoms with van der Waals surface area (Å²) < 4.78 is 7.23. The number of hydrogen-bond donors (Lipinski definition) is 0. The van der Waals surface area contributed by atoms with Crippen LogP contribution in [-0.4, -0.2) is 22.4 Å². The van der Waals surface area contributed by atoms with Gasteiger partial charge in [-0.1, -0.05) is 43.1 Å². The van der Waals surface area contributed by atoms with Crippen molar-refractivity contribution in [1.29, 1.82) is 0 Å². The predicted molar refractivity (Wildman–Crippen MR) is 74.4 cm³/mol. The van der Waals surface area contributed by atoms with E-state index in [1.54, 1.807) is 4.57 Å². The average molecular weight is 279 g/mol. The third-order valence-electron chi connectivity index (χ3n) is 2.69. The Kier molecular flexibility index (Phi) is 4.58. The number of nitrogens with zero attached hydrogens (tertiary/aromatic N) is 2. The summed E-state index contributed by atoms with van der Waals surface area (Å²) in [6.07, 6.45) is 2.64. The number of rotatable bonds is 6. The van der Waals surface area contributed by atoms with Crippen molar-refractivity contribution in [3.05, 3.63) is 41.2 Å². The van der Waals surface area contributed by atoms with Gasteiger partial charge in [-0.05, 0) is 18.6 Å². The van der Waals surface area contributed by atoms with Crippen LogP contribution in [0.15, 0.2) is 30.3 Å². The van der Waals surface area contributed by atoms with Crippen molar-refractivity contribution in [1.82, 2.24) is 9.55 Å². The maximum atomic E-state index is 11.2. The van der Waals surface area contributed by atoms with E-state index in [-0.39, 0.29) is 5.15 Å². The fourth-order valence-electron chi connectivity index (χ4n) is 1.72. The fraction of sp³-hybridized carbons (Fsp3) is 0.286. The molecule has 0 atom stereocenters. The molecule has 2 aromatic rings. The minimum atomic E-state index is 0.158. The second-order valence-electron chi connectivity index (χ2n) is 4.06. The van der Waals surface area contributed by atoms with E-state index in [9.17, 15) is 4.79 Å². The highest BCUT2D eigenvalue weighted by Gasteiger charge is 2.17. The summed E-state index contributed by atoms with van der Waals surface area (Å²) in [5.74, 6) is 0. The summed E-state index contributed by atoms with van der Waals surface area (Å²) in [5.41, 5.74) is 1.11. The lowest BCUT2D eigenvalue weighted by Gasteiger charge is -2.09. The topological polar surface area (TPSA) is 44.1 Å². The van der Waals surface area contributed by atoms with Crippen LogP contribution in [0.5, 0.6) is 6.01 Å². The van der Waals surface area contributed by atoms with Crippen molar-refractivity contribution in [2.45, 2.75) is 19.8 Å². The van der Waals surface area contributed by atoms with E-state index < -0.39 is 0 Å². The highest BCUT2D eigenvalue weighted by Crippen LogP contribution is 2.25. The smallest absolute Gasteiger partial charge is 0.303 e. The van der Waals surface area contributed by atoms with Gasteiger partial charge in [-0.2, -0.15) is 4.98 Å². The Labute approximate surface area is 117 Å². The van der Waals surface area contributed by atoms with Crippen LogP contribution in [0.2, 0.25) is 5.15 Å². The van der Waals surface area contributed by atoms with Gasteiger partial charge in [-0.3, -0.25) is 9.36 Å². The van der Waals surface area contributed by atoms with Crippen LogP contribution in [0.1, 0.15) is 30.3 Å². The van der Waals surface area contributed by atoms with E-state index in [0.29, 0.717) is 24.6 Å². The van der Waals surface area contributed by atoms with E-state index in [1.807, 2.05) is 30.3 Å². The molecule has 0 radical (unpaired) electrons. The number of para-hydroxylation sites is 1. The molecule has 0 amide bonds. The zero-order valence-electron chi connectivity index (χ0n) is 10.7. The molecule has 0 spiro atoms. The zero-order chi connectivity index (χ0) is 13.7. The molecule has 0 saturated carbocycles. The summed E-state index contributed by atoms with van der Waals surface area (Å²) in [6, 6.07) is 9.77. The molecule has 0 bridgehead atoms. The van der Waals surface area contributed by atoms with Gasteiger partial charge >= 0.3 is 6.01 Å². The quantitative estimate of drug-likeness (QED) is 0.600. The van der Waals surface area contributed by atoms with Crippen molar-refractivity contribution < 1.29 is 9.53 Å². The van der Waals surface area contributed by atoms with Gasteiger partial charge in [-0.25, -0.2) is 0 Å². The van der Waals surface area contributed by atoms with Gasteiger partial charge in [0, 0.05) is 0 Å². The van der Waals surface area contributed by atoms with E-state index in [0.717, 1.165) is 18.5 Å². The fourth-order valence-corrected chi connectivity index (χ4v) is 1.92. The normalized spacial score (nSPS) is 10.4. The average Bonchev–Trinajstić information content (AvgIpc) is 2.76. The molecule has 0 aliphatic rings. The van der Waals surface area contributed by atoms with Gasteiger partial charge in [0.05, 0.1) is 12.3 Å². The molecule has 2 rings (SSSR count). The second kappa shape index (κ2) is 6.38. The number of halogens is 1. The second-order valence-corrected chi connectivity index (χ2v) is 4.42. The standard InChI is InChI=1S/C14H15ClN2O2/c1-2-3-9-19-14-16-13(15)12(10-18)17(14)11-7-5-4-6-8-11/h4-8,10H,2-3,9H2,1H3. The molecule has 0 unspecified atom stereocenters. The lowest BCUT2D eigenvalue weighted by molar-refractivity contribution is 0.111.